The summed E-state index contributed by atoms with van der Waals surface area (Å²) in [6.45, 7) is 0. The summed E-state index contributed by atoms with van der Waals surface area (Å²) >= 11 is 5.80. The van der Waals surface area contributed by atoms with Crippen LogP contribution in [-0.2, 0) is 10.0 Å². The second-order valence-electron chi connectivity index (χ2n) is 3.75. The van der Waals surface area contributed by atoms with Gasteiger partial charge in [-0.05, 0) is 30.3 Å². The van der Waals surface area contributed by atoms with Gasteiger partial charge in [-0.1, -0.05) is 11.6 Å². The molecule has 0 spiro atoms. The van der Waals surface area contributed by atoms with Gasteiger partial charge in [0.05, 0.1) is 10.7 Å². The van der Waals surface area contributed by atoms with Gasteiger partial charge in [0.1, 0.15) is 16.5 Å². The predicted octanol–water partition coefficient (Wildman–Crippen LogP) is 1.96. The molecular formula is C11H10ClFN4O2S. The van der Waals surface area contributed by atoms with Crippen LogP contribution >= 0.6 is 11.6 Å². The minimum atomic E-state index is -3.91. The summed E-state index contributed by atoms with van der Waals surface area (Å²) in [6.07, 6.45) is 1.12. The zero-order chi connectivity index (χ0) is 14.8. The number of aromatic nitrogens is 1. The van der Waals surface area contributed by atoms with E-state index in [1.165, 1.54) is 18.2 Å². The second-order valence-corrected chi connectivity index (χ2v) is 5.84. The Balaban J connectivity index is 2.32. The van der Waals surface area contributed by atoms with E-state index in [0.717, 1.165) is 18.3 Å². The van der Waals surface area contributed by atoms with Crippen LogP contribution in [0.1, 0.15) is 0 Å². The van der Waals surface area contributed by atoms with Gasteiger partial charge in [-0.3, -0.25) is 4.72 Å². The quantitative estimate of drug-likeness (QED) is 0.592. The number of benzene rings is 1. The molecule has 0 saturated carbocycles. The highest BCUT2D eigenvalue weighted by Gasteiger charge is 2.16. The first kappa shape index (κ1) is 14.5. The van der Waals surface area contributed by atoms with E-state index in [0.29, 0.717) is 5.82 Å². The van der Waals surface area contributed by atoms with Gasteiger partial charge in [0, 0.05) is 6.20 Å². The van der Waals surface area contributed by atoms with Crippen LogP contribution in [0.15, 0.2) is 41.4 Å². The Hall–Kier alpha value is -1.90. The number of hydrazine groups is 1. The number of hydrogen-bond donors (Lipinski definition) is 3. The lowest BCUT2D eigenvalue weighted by atomic mass is 10.3. The molecule has 1 aromatic heterocycles. The third-order valence-corrected chi connectivity index (χ3v) is 4.05. The zero-order valence-corrected chi connectivity index (χ0v) is 11.5. The molecule has 0 aliphatic carbocycles. The SMILES string of the molecule is NNc1ccc(S(=O)(=O)Nc2cc(F)ccc2Cl)cn1. The van der Waals surface area contributed by atoms with Gasteiger partial charge >= 0.3 is 0 Å². The molecule has 0 aliphatic heterocycles. The Morgan fingerprint density at radius 1 is 1.25 bits per heavy atom. The highest BCUT2D eigenvalue weighted by atomic mass is 35.5. The van der Waals surface area contributed by atoms with Crippen molar-refractivity contribution < 1.29 is 12.8 Å². The van der Waals surface area contributed by atoms with Crippen LogP contribution in [0.2, 0.25) is 5.02 Å². The van der Waals surface area contributed by atoms with Gasteiger partial charge in [-0.2, -0.15) is 0 Å². The molecule has 0 amide bonds. The topological polar surface area (TPSA) is 97.1 Å². The molecule has 1 aromatic carbocycles. The lowest BCUT2D eigenvalue weighted by Crippen LogP contribution is -2.14. The highest BCUT2D eigenvalue weighted by Crippen LogP contribution is 2.25. The minimum Gasteiger partial charge on any atom is -0.308 e. The molecule has 0 unspecified atom stereocenters. The molecule has 9 heteroatoms. The lowest BCUT2D eigenvalue weighted by Gasteiger charge is -2.09. The Kier molecular flexibility index (Phi) is 4.07. The number of sulfonamides is 1. The van der Waals surface area contributed by atoms with Crippen LogP contribution < -0.4 is 16.0 Å². The number of nitrogens with zero attached hydrogens (tertiary/aromatic N) is 1. The van der Waals surface area contributed by atoms with E-state index in [1.54, 1.807) is 0 Å². The minimum absolute atomic E-state index is 0.0484. The molecule has 20 heavy (non-hydrogen) atoms. The average molecular weight is 317 g/mol. The van der Waals surface area contributed by atoms with Crippen molar-refractivity contribution in [1.82, 2.24) is 4.98 Å². The van der Waals surface area contributed by atoms with Crippen molar-refractivity contribution in [1.29, 1.82) is 0 Å². The zero-order valence-electron chi connectivity index (χ0n) is 9.97. The maximum Gasteiger partial charge on any atom is 0.263 e. The molecule has 0 saturated heterocycles. The number of nitrogen functional groups attached to an aromatic ring is 1. The van der Waals surface area contributed by atoms with E-state index in [-0.39, 0.29) is 15.6 Å². The van der Waals surface area contributed by atoms with Crippen LogP contribution in [0.5, 0.6) is 0 Å². The molecule has 6 nitrogen and oxygen atoms in total. The third kappa shape index (κ3) is 3.16. The molecule has 2 rings (SSSR count). The van der Waals surface area contributed by atoms with Gasteiger partial charge in [-0.15, -0.1) is 0 Å². The van der Waals surface area contributed by atoms with Crippen LogP contribution in [0, 0.1) is 5.82 Å². The summed E-state index contributed by atoms with van der Waals surface area (Å²) in [5.41, 5.74) is 2.23. The van der Waals surface area contributed by atoms with Crippen molar-refractivity contribution in [2.24, 2.45) is 5.84 Å². The first-order valence-electron chi connectivity index (χ1n) is 5.33. The molecule has 106 valence electrons. The van der Waals surface area contributed by atoms with E-state index in [4.69, 9.17) is 17.4 Å². The van der Waals surface area contributed by atoms with Crippen molar-refractivity contribution >= 4 is 33.1 Å². The molecule has 0 atom stereocenters. The maximum atomic E-state index is 13.1. The smallest absolute Gasteiger partial charge is 0.263 e. The first-order valence-corrected chi connectivity index (χ1v) is 7.19. The van der Waals surface area contributed by atoms with Gasteiger partial charge in [0.15, 0.2) is 0 Å². The monoisotopic (exact) mass is 316 g/mol. The fourth-order valence-corrected chi connectivity index (χ4v) is 2.64. The summed E-state index contributed by atoms with van der Waals surface area (Å²) in [4.78, 5) is 3.68. The Morgan fingerprint density at radius 2 is 2.00 bits per heavy atom. The van der Waals surface area contributed by atoms with E-state index >= 15 is 0 Å². The van der Waals surface area contributed by atoms with Crippen molar-refractivity contribution in [3.8, 4) is 0 Å². The second kappa shape index (κ2) is 5.61. The highest BCUT2D eigenvalue weighted by molar-refractivity contribution is 7.92. The molecule has 0 fully saturated rings. The predicted molar refractivity (Wildman–Crippen MR) is 74.3 cm³/mol. The lowest BCUT2D eigenvalue weighted by molar-refractivity contribution is 0.600. The van der Waals surface area contributed by atoms with E-state index < -0.39 is 15.8 Å². The fourth-order valence-electron chi connectivity index (χ4n) is 1.40. The molecule has 0 bridgehead atoms. The molecule has 2 aromatic rings. The maximum absolute atomic E-state index is 13.1. The molecular weight excluding hydrogens is 307 g/mol. The Labute approximate surface area is 119 Å². The Bertz CT molecular complexity index is 722. The van der Waals surface area contributed by atoms with Crippen molar-refractivity contribution in [2.45, 2.75) is 4.90 Å². The summed E-state index contributed by atoms with van der Waals surface area (Å²) in [5, 5.41) is 0.0863. The average Bonchev–Trinajstić information content (AvgIpc) is 2.43. The van der Waals surface area contributed by atoms with Gasteiger partial charge in [-0.25, -0.2) is 23.6 Å². The summed E-state index contributed by atoms with van der Waals surface area (Å²) in [6, 6.07) is 6.07. The van der Waals surface area contributed by atoms with Crippen molar-refractivity contribution in [3.05, 3.63) is 47.4 Å². The molecule has 1 heterocycles. The molecule has 0 radical (unpaired) electrons. The number of hydrogen-bond acceptors (Lipinski definition) is 5. The van der Waals surface area contributed by atoms with E-state index in [1.807, 2.05) is 0 Å². The van der Waals surface area contributed by atoms with Gasteiger partial charge < -0.3 is 5.43 Å². The van der Waals surface area contributed by atoms with Crippen LogP contribution in [0.4, 0.5) is 15.9 Å². The summed E-state index contributed by atoms with van der Waals surface area (Å²) in [5.74, 6) is 4.84. The van der Waals surface area contributed by atoms with Gasteiger partial charge in [0.2, 0.25) is 0 Å². The van der Waals surface area contributed by atoms with Crippen molar-refractivity contribution in [3.63, 3.8) is 0 Å². The molecule has 0 aliphatic rings. The first-order chi connectivity index (χ1) is 9.42. The summed E-state index contributed by atoms with van der Waals surface area (Å²) < 4.78 is 39.4. The number of nitrogens with two attached hydrogens (primary N) is 1. The number of anilines is 2. The number of halogens is 2. The fraction of sp³-hybridized carbons (Fsp3) is 0. The van der Waals surface area contributed by atoms with E-state index in [2.05, 4.69) is 15.1 Å². The standard InChI is InChI=1S/C11H10ClFN4O2S/c12-9-3-1-7(13)5-10(9)17-20(18,19)8-2-4-11(16-14)15-6-8/h1-6,17H,14H2,(H,15,16). The summed E-state index contributed by atoms with van der Waals surface area (Å²) in [7, 11) is -3.91. The van der Waals surface area contributed by atoms with Crippen LogP contribution in [0.3, 0.4) is 0 Å². The third-order valence-electron chi connectivity index (χ3n) is 2.37. The van der Waals surface area contributed by atoms with Gasteiger partial charge in [0.25, 0.3) is 10.0 Å². The number of rotatable bonds is 4. The van der Waals surface area contributed by atoms with Crippen molar-refractivity contribution in [2.75, 3.05) is 10.1 Å². The number of nitrogens with one attached hydrogen (secondary N) is 2. The Morgan fingerprint density at radius 3 is 2.60 bits per heavy atom. The van der Waals surface area contributed by atoms with Crippen LogP contribution in [-0.4, -0.2) is 13.4 Å². The van der Waals surface area contributed by atoms with Crippen LogP contribution in [0.25, 0.3) is 0 Å². The normalized spacial score (nSPS) is 11.2. The molecule has 4 N–H and O–H groups in total. The van der Waals surface area contributed by atoms with E-state index in [9.17, 15) is 12.8 Å². The number of pyridine rings is 1. The largest absolute Gasteiger partial charge is 0.308 e.